The molecule has 0 saturated heterocycles. The maximum absolute atomic E-state index is 4.34. The first-order valence-corrected chi connectivity index (χ1v) is 6.33. The largest absolute Gasteiger partial charge is 0.370 e. The van der Waals surface area contributed by atoms with Gasteiger partial charge in [-0.15, -0.1) is 0 Å². The van der Waals surface area contributed by atoms with E-state index in [1.165, 1.54) is 0 Å². The summed E-state index contributed by atoms with van der Waals surface area (Å²) in [5, 5.41) is 6.78. The van der Waals surface area contributed by atoms with Gasteiger partial charge >= 0.3 is 0 Å². The van der Waals surface area contributed by atoms with Gasteiger partial charge in [0.15, 0.2) is 0 Å². The second-order valence-corrected chi connectivity index (χ2v) is 5.20. The Morgan fingerprint density at radius 2 is 1.76 bits per heavy atom. The molecule has 2 N–H and O–H groups in total. The van der Waals surface area contributed by atoms with Crippen LogP contribution in [-0.4, -0.2) is 22.1 Å². The van der Waals surface area contributed by atoms with Crippen LogP contribution in [0.3, 0.4) is 0 Å². The lowest BCUT2D eigenvalue weighted by Gasteiger charge is -2.23. The minimum atomic E-state index is 0.0142. The van der Waals surface area contributed by atoms with Crippen molar-refractivity contribution >= 4 is 11.6 Å². The van der Waals surface area contributed by atoms with Crippen LogP contribution in [0.5, 0.6) is 0 Å². The first-order chi connectivity index (χ1) is 7.98. The molecule has 0 aliphatic rings. The fourth-order valence-electron chi connectivity index (χ4n) is 1.61. The van der Waals surface area contributed by atoms with Crippen LogP contribution in [0.1, 0.15) is 46.6 Å². The minimum Gasteiger partial charge on any atom is -0.370 e. The highest BCUT2D eigenvalue weighted by molar-refractivity contribution is 5.58. The van der Waals surface area contributed by atoms with E-state index in [4.69, 9.17) is 0 Å². The molecule has 0 saturated carbocycles. The van der Waals surface area contributed by atoms with Crippen molar-refractivity contribution in [1.29, 1.82) is 0 Å². The van der Waals surface area contributed by atoms with E-state index in [2.05, 4.69) is 55.2 Å². The monoisotopic (exact) mass is 236 g/mol. The fourth-order valence-corrected chi connectivity index (χ4v) is 1.61. The molecule has 96 valence electrons. The van der Waals surface area contributed by atoms with Gasteiger partial charge in [-0.2, -0.15) is 0 Å². The smallest absolute Gasteiger partial charge is 0.135 e. The zero-order chi connectivity index (χ0) is 12.9. The van der Waals surface area contributed by atoms with Crippen molar-refractivity contribution in [2.75, 3.05) is 17.2 Å². The van der Waals surface area contributed by atoms with E-state index in [9.17, 15) is 0 Å². The number of nitrogens with zero attached hydrogens (tertiary/aromatic N) is 2. The Labute approximate surface area is 104 Å². The Bertz CT molecular complexity index is 355. The van der Waals surface area contributed by atoms with E-state index in [1.807, 2.05) is 0 Å². The summed E-state index contributed by atoms with van der Waals surface area (Å²) in [6.07, 6.45) is 3.63. The lowest BCUT2D eigenvalue weighted by atomic mass is 10.1. The van der Waals surface area contributed by atoms with Crippen LogP contribution in [-0.2, 0) is 6.42 Å². The van der Waals surface area contributed by atoms with Crippen molar-refractivity contribution < 1.29 is 0 Å². The van der Waals surface area contributed by atoms with E-state index in [0.29, 0.717) is 0 Å². The van der Waals surface area contributed by atoms with Gasteiger partial charge < -0.3 is 10.6 Å². The summed E-state index contributed by atoms with van der Waals surface area (Å²) in [4.78, 5) is 8.66. The SMILES string of the molecule is CCCNc1ncnc(NC(C)(C)C)c1CC. The van der Waals surface area contributed by atoms with Crippen LogP contribution in [0.2, 0.25) is 0 Å². The molecule has 0 radical (unpaired) electrons. The first kappa shape index (κ1) is 13.7. The van der Waals surface area contributed by atoms with Gasteiger partial charge in [-0.05, 0) is 33.6 Å². The molecule has 0 unspecified atom stereocenters. The van der Waals surface area contributed by atoms with Gasteiger partial charge in [0.05, 0.1) is 0 Å². The second-order valence-electron chi connectivity index (χ2n) is 5.20. The zero-order valence-electron chi connectivity index (χ0n) is 11.6. The van der Waals surface area contributed by atoms with E-state index >= 15 is 0 Å². The molecule has 0 atom stereocenters. The first-order valence-electron chi connectivity index (χ1n) is 6.33. The summed E-state index contributed by atoms with van der Waals surface area (Å²) in [5.74, 6) is 1.89. The fraction of sp³-hybridized carbons (Fsp3) is 0.692. The second kappa shape index (κ2) is 5.84. The van der Waals surface area contributed by atoms with Gasteiger partial charge in [0.2, 0.25) is 0 Å². The third-order valence-corrected chi connectivity index (χ3v) is 2.33. The summed E-state index contributed by atoms with van der Waals surface area (Å²) in [6, 6.07) is 0. The van der Waals surface area contributed by atoms with Gasteiger partial charge in [0, 0.05) is 17.6 Å². The molecular weight excluding hydrogens is 212 g/mol. The average Bonchev–Trinajstić information content (AvgIpc) is 2.24. The molecule has 0 spiro atoms. The molecule has 4 nitrogen and oxygen atoms in total. The Balaban J connectivity index is 2.97. The van der Waals surface area contributed by atoms with Crippen molar-refractivity contribution in [2.45, 2.75) is 53.0 Å². The topological polar surface area (TPSA) is 49.8 Å². The average molecular weight is 236 g/mol. The molecule has 0 bridgehead atoms. The Morgan fingerprint density at radius 1 is 1.12 bits per heavy atom. The van der Waals surface area contributed by atoms with Crippen molar-refractivity contribution in [3.8, 4) is 0 Å². The van der Waals surface area contributed by atoms with E-state index < -0.39 is 0 Å². The lowest BCUT2D eigenvalue weighted by molar-refractivity contribution is 0.628. The summed E-state index contributed by atoms with van der Waals surface area (Å²) < 4.78 is 0. The number of rotatable bonds is 5. The molecule has 0 aliphatic carbocycles. The quantitative estimate of drug-likeness (QED) is 0.825. The van der Waals surface area contributed by atoms with Gasteiger partial charge in [0.1, 0.15) is 18.0 Å². The molecule has 17 heavy (non-hydrogen) atoms. The van der Waals surface area contributed by atoms with E-state index in [1.54, 1.807) is 6.33 Å². The molecule has 0 fully saturated rings. The summed E-state index contributed by atoms with van der Waals surface area (Å²) in [7, 11) is 0. The van der Waals surface area contributed by atoms with Crippen molar-refractivity contribution in [3.63, 3.8) is 0 Å². The molecule has 0 amide bonds. The molecule has 1 heterocycles. The third kappa shape index (κ3) is 4.21. The van der Waals surface area contributed by atoms with Crippen molar-refractivity contribution in [1.82, 2.24) is 9.97 Å². The highest BCUT2D eigenvalue weighted by Crippen LogP contribution is 2.23. The van der Waals surface area contributed by atoms with Crippen LogP contribution >= 0.6 is 0 Å². The molecule has 4 heteroatoms. The molecule has 1 aromatic heterocycles. The number of nitrogens with one attached hydrogen (secondary N) is 2. The van der Waals surface area contributed by atoms with Crippen LogP contribution in [0.4, 0.5) is 11.6 Å². The maximum Gasteiger partial charge on any atom is 0.135 e. The molecule has 1 aromatic rings. The minimum absolute atomic E-state index is 0.0142. The highest BCUT2D eigenvalue weighted by atomic mass is 15.1. The number of aromatic nitrogens is 2. The predicted molar refractivity (Wildman–Crippen MR) is 73.6 cm³/mol. The van der Waals surface area contributed by atoms with Crippen LogP contribution in [0.25, 0.3) is 0 Å². The Hall–Kier alpha value is -1.32. The summed E-state index contributed by atoms with van der Waals surface area (Å²) in [6.45, 7) is 11.6. The molecule has 0 aliphatic heterocycles. The van der Waals surface area contributed by atoms with Gasteiger partial charge in [-0.3, -0.25) is 0 Å². The van der Waals surface area contributed by atoms with Gasteiger partial charge in [-0.25, -0.2) is 9.97 Å². The van der Waals surface area contributed by atoms with E-state index in [-0.39, 0.29) is 5.54 Å². The third-order valence-electron chi connectivity index (χ3n) is 2.33. The number of hydrogen-bond donors (Lipinski definition) is 2. The van der Waals surface area contributed by atoms with Crippen LogP contribution in [0.15, 0.2) is 6.33 Å². The predicted octanol–water partition coefficient (Wildman–Crippen LogP) is 3.07. The zero-order valence-corrected chi connectivity index (χ0v) is 11.6. The summed E-state index contributed by atoms with van der Waals surface area (Å²) >= 11 is 0. The lowest BCUT2D eigenvalue weighted by Crippen LogP contribution is -2.27. The Kier molecular flexibility index (Phi) is 4.73. The van der Waals surface area contributed by atoms with Crippen LogP contribution in [0, 0.1) is 0 Å². The highest BCUT2D eigenvalue weighted by Gasteiger charge is 2.15. The molecular formula is C13H24N4. The number of hydrogen-bond acceptors (Lipinski definition) is 4. The van der Waals surface area contributed by atoms with E-state index in [0.717, 1.165) is 36.6 Å². The normalized spacial score (nSPS) is 11.4. The molecule has 1 rings (SSSR count). The van der Waals surface area contributed by atoms with Gasteiger partial charge in [-0.1, -0.05) is 13.8 Å². The maximum atomic E-state index is 4.34. The van der Waals surface area contributed by atoms with Crippen molar-refractivity contribution in [2.24, 2.45) is 0 Å². The van der Waals surface area contributed by atoms with Crippen molar-refractivity contribution in [3.05, 3.63) is 11.9 Å². The number of anilines is 2. The molecule has 0 aromatic carbocycles. The van der Waals surface area contributed by atoms with Crippen LogP contribution < -0.4 is 10.6 Å². The summed E-state index contributed by atoms with van der Waals surface area (Å²) in [5.41, 5.74) is 1.18. The van der Waals surface area contributed by atoms with Gasteiger partial charge in [0.25, 0.3) is 0 Å². The standard InChI is InChI=1S/C13H24N4/c1-6-8-14-11-10(7-2)12(16-9-15-11)17-13(3,4)5/h9H,6-8H2,1-5H3,(H2,14,15,16,17). The Morgan fingerprint density at radius 3 is 2.29 bits per heavy atom.